The van der Waals surface area contributed by atoms with E-state index in [1.807, 2.05) is 47.0 Å². The first-order valence-electron chi connectivity index (χ1n) is 22.9. The second-order valence-electron chi connectivity index (χ2n) is 17.0. The summed E-state index contributed by atoms with van der Waals surface area (Å²) in [6.45, 7) is 10.6. The molecule has 71 heavy (non-hydrogen) atoms. The zero-order valence-electron chi connectivity index (χ0n) is 39.6. The lowest BCUT2D eigenvalue weighted by atomic mass is 10.0. The number of carbonyl (C=O) groups excluding carboxylic acids is 7. The number of methoxy groups -OCH3 is 1. The Kier molecular flexibility index (Phi) is 15.1. The molecule has 3 aliphatic rings. The SMILES string of the molecule is C=CC(=O)Nc1cc(Nc2ncc(C(=O)OC(C)C)c(-c3cn(C)c4ccccc34)n2)c(OC)nc1N1CCN(CCOCCOCC(=O)Nc2cccc3c2C(=O)N(C2CCC(=O)NC2=O)C3=O)CC1. The van der Waals surface area contributed by atoms with Gasteiger partial charge in [-0.05, 0) is 50.6 Å². The van der Waals surface area contributed by atoms with Crippen LogP contribution in [0.5, 0.6) is 5.88 Å². The van der Waals surface area contributed by atoms with Gasteiger partial charge >= 0.3 is 5.97 Å². The fourth-order valence-corrected chi connectivity index (χ4v) is 8.54. The van der Waals surface area contributed by atoms with E-state index >= 15 is 0 Å². The molecule has 370 valence electrons. The Bertz CT molecular complexity index is 2930. The van der Waals surface area contributed by atoms with Gasteiger partial charge in [0.15, 0.2) is 5.82 Å². The van der Waals surface area contributed by atoms with Crippen LogP contribution >= 0.6 is 0 Å². The minimum Gasteiger partial charge on any atom is -0.479 e. The number of rotatable bonds is 19. The Morgan fingerprint density at radius 2 is 1.68 bits per heavy atom. The number of aromatic nitrogens is 4. The third-order valence-corrected chi connectivity index (χ3v) is 11.9. The first-order chi connectivity index (χ1) is 34.2. The minimum atomic E-state index is -1.13. The van der Waals surface area contributed by atoms with Crippen LogP contribution in [0, 0.1) is 0 Å². The summed E-state index contributed by atoms with van der Waals surface area (Å²) in [6.07, 6.45) is 4.12. The lowest BCUT2D eigenvalue weighted by Crippen LogP contribution is -2.54. The number of imide groups is 2. The molecule has 3 aliphatic heterocycles. The van der Waals surface area contributed by atoms with Crippen molar-refractivity contribution in [2.45, 2.75) is 38.8 Å². The number of amides is 6. The molecular weight excluding hydrogens is 919 g/mol. The maximum Gasteiger partial charge on any atom is 0.342 e. The molecule has 1 atom stereocenters. The zero-order valence-corrected chi connectivity index (χ0v) is 39.6. The summed E-state index contributed by atoms with van der Waals surface area (Å²) in [7, 11) is 3.40. The number of hydrogen-bond acceptors (Lipinski definition) is 17. The number of carbonyl (C=O) groups is 7. The monoisotopic (exact) mass is 971 g/mol. The van der Waals surface area contributed by atoms with Crippen LogP contribution in [0.25, 0.3) is 22.2 Å². The molecule has 0 radical (unpaired) electrons. The Labute approximate surface area is 407 Å². The van der Waals surface area contributed by atoms with Crippen molar-refractivity contribution >= 4 is 81.1 Å². The van der Waals surface area contributed by atoms with Crippen LogP contribution in [0.3, 0.4) is 0 Å². The summed E-state index contributed by atoms with van der Waals surface area (Å²) in [5.74, 6) is -3.35. The van der Waals surface area contributed by atoms with Gasteiger partial charge < -0.3 is 44.4 Å². The van der Waals surface area contributed by atoms with E-state index in [2.05, 4.69) is 37.7 Å². The molecule has 0 bridgehead atoms. The molecule has 5 aromatic rings. The molecule has 6 heterocycles. The van der Waals surface area contributed by atoms with Crippen LogP contribution in [0.4, 0.5) is 28.8 Å². The number of nitrogens with zero attached hydrogens (tertiary/aromatic N) is 7. The van der Waals surface area contributed by atoms with Gasteiger partial charge in [-0.1, -0.05) is 30.8 Å². The molecule has 0 spiro atoms. The van der Waals surface area contributed by atoms with Crippen LogP contribution < -0.4 is 30.9 Å². The predicted molar refractivity (Wildman–Crippen MR) is 259 cm³/mol. The molecule has 2 saturated heterocycles. The summed E-state index contributed by atoms with van der Waals surface area (Å²) >= 11 is 0. The van der Waals surface area contributed by atoms with E-state index < -0.39 is 47.5 Å². The van der Waals surface area contributed by atoms with Gasteiger partial charge in [0.25, 0.3) is 11.8 Å². The number of anilines is 5. The summed E-state index contributed by atoms with van der Waals surface area (Å²) in [4.78, 5) is 109. The standard InChI is InChI=1S/C49H53N11O11/c1-6-38(61)52-34-24-35(53-49-50-25-31(48(67)71-28(2)3)42(55-49)32-26-57(4)36-13-8-7-10-29(32)36)45(68-5)56-43(34)59-18-16-58(17-19-59)20-21-69-22-23-70-27-40(63)51-33-12-9-11-30-41(33)47(66)60(46(30)65)37-14-15-39(62)54-44(37)64/h6-13,24-26,28,37H,1,14-23,27H2,2-5H3,(H,51,63)(H,52,61)(H,50,53,55)(H,54,62,64). The summed E-state index contributed by atoms with van der Waals surface area (Å²) in [5.41, 5.74) is 3.08. The molecule has 22 heteroatoms. The van der Waals surface area contributed by atoms with Crippen LogP contribution in [0.2, 0.25) is 0 Å². The van der Waals surface area contributed by atoms with E-state index in [9.17, 15) is 33.6 Å². The zero-order chi connectivity index (χ0) is 50.3. The number of para-hydroxylation sites is 1. The third-order valence-electron chi connectivity index (χ3n) is 11.9. The number of esters is 1. The molecule has 3 aromatic heterocycles. The van der Waals surface area contributed by atoms with E-state index in [0.717, 1.165) is 21.9 Å². The fourth-order valence-electron chi connectivity index (χ4n) is 8.54. The van der Waals surface area contributed by atoms with Crippen molar-refractivity contribution in [1.82, 2.24) is 34.6 Å². The number of aryl methyl sites for hydroxylation is 1. The van der Waals surface area contributed by atoms with E-state index in [-0.39, 0.29) is 73.0 Å². The summed E-state index contributed by atoms with van der Waals surface area (Å²) in [6, 6.07) is 12.8. The highest BCUT2D eigenvalue weighted by Crippen LogP contribution is 2.38. The third kappa shape index (κ3) is 10.9. The maximum absolute atomic E-state index is 13.3. The molecule has 2 fully saturated rings. The number of nitrogens with one attached hydrogen (secondary N) is 4. The molecular formula is C49H53N11O11. The van der Waals surface area contributed by atoms with Crippen LogP contribution in [-0.2, 0) is 40.4 Å². The Morgan fingerprint density at radius 3 is 2.42 bits per heavy atom. The number of hydrogen-bond donors (Lipinski definition) is 4. The topological polar surface area (TPSA) is 258 Å². The van der Waals surface area contributed by atoms with Crippen molar-refractivity contribution in [1.29, 1.82) is 0 Å². The lowest BCUT2D eigenvalue weighted by Gasteiger charge is -2.36. The quantitative estimate of drug-likeness (QED) is 0.0398. The fraction of sp³-hybridized carbons (Fsp3) is 0.347. The van der Waals surface area contributed by atoms with Gasteiger partial charge in [0, 0.05) is 75.1 Å². The van der Waals surface area contributed by atoms with Gasteiger partial charge in [0.05, 0.1) is 61.2 Å². The van der Waals surface area contributed by atoms with Crippen LogP contribution in [0.15, 0.2) is 73.6 Å². The number of fused-ring (bicyclic) bond motifs is 2. The predicted octanol–water partition coefficient (Wildman–Crippen LogP) is 3.67. The van der Waals surface area contributed by atoms with Crippen molar-refractivity contribution < 1.29 is 52.5 Å². The lowest BCUT2D eigenvalue weighted by molar-refractivity contribution is -0.136. The van der Waals surface area contributed by atoms with Crippen LogP contribution in [-0.4, -0.2) is 149 Å². The largest absolute Gasteiger partial charge is 0.479 e. The molecule has 1 unspecified atom stereocenters. The molecule has 4 N–H and O–H groups in total. The van der Waals surface area contributed by atoms with E-state index in [4.69, 9.17) is 28.9 Å². The number of piperazine rings is 1. The first-order valence-corrected chi connectivity index (χ1v) is 22.9. The van der Waals surface area contributed by atoms with Crippen molar-refractivity contribution in [3.8, 4) is 17.1 Å². The minimum absolute atomic E-state index is 0.0103. The number of pyridine rings is 1. The molecule has 8 rings (SSSR count). The highest BCUT2D eigenvalue weighted by molar-refractivity contribution is 6.26. The highest BCUT2D eigenvalue weighted by atomic mass is 16.5. The number of benzene rings is 2. The Morgan fingerprint density at radius 1 is 0.901 bits per heavy atom. The molecule has 6 amide bonds. The van der Waals surface area contributed by atoms with Gasteiger partial charge in [-0.25, -0.2) is 14.8 Å². The molecule has 2 aromatic carbocycles. The second kappa shape index (κ2) is 21.7. The molecule has 22 nitrogen and oxygen atoms in total. The summed E-state index contributed by atoms with van der Waals surface area (Å²) in [5, 5.41) is 11.7. The van der Waals surface area contributed by atoms with Gasteiger partial charge in [-0.15, -0.1) is 0 Å². The normalized spacial score (nSPS) is 16.0. The molecule has 0 saturated carbocycles. The average Bonchev–Trinajstić information content (AvgIpc) is 3.82. The van der Waals surface area contributed by atoms with E-state index in [1.165, 1.54) is 31.5 Å². The van der Waals surface area contributed by atoms with Crippen molar-refractivity contribution in [2.24, 2.45) is 7.05 Å². The van der Waals surface area contributed by atoms with Crippen molar-refractivity contribution in [2.75, 3.05) is 87.1 Å². The number of ether oxygens (including phenoxy) is 4. The second-order valence-corrected chi connectivity index (χ2v) is 17.0. The Hall–Kier alpha value is -8.08. The highest BCUT2D eigenvalue weighted by Gasteiger charge is 2.45. The van der Waals surface area contributed by atoms with E-state index in [0.29, 0.717) is 67.8 Å². The number of piperidine rings is 1. The Balaban J connectivity index is 0.840. The molecule has 0 aliphatic carbocycles. The van der Waals surface area contributed by atoms with Crippen molar-refractivity contribution in [3.63, 3.8) is 0 Å². The first kappa shape index (κ1) is 49.3. The van der Waals surface area contributed by atoms with Crippen LogP contribution in [0.1, 0.15) is 57.8 Å². The van der Waals surface area contributed by atoms with Crippen molar-refractivity contribution in [3.05, 3.63) is 90.3 Å². The van der Waals surface area contributed by atoms with Gasteiger partial charge in [0.1, 0.15) is 23.9 Å². The van der Waals surface area contributed by atoms with E-state index in [1.54, 1.807) is 19.9 Å². The van der Waals surface area contributed by atoms with Gasteiger partial charge in [-0.3, -0.25) is 43.9 Å². The smallest absolute Gasteiger partial charge is 0.342 e. The van der Waals surface area contributed by atoms with Gasteiger partial charge in [0.2, 0.25) is 35.5 Å². The maximum atomic E-state index is 13.3. The van der Waals surface area contributed by atoms with Gasteiger partial charge in [-0.2, -0.15) is 4.98 Å². The average molecular weight is 972 g/mol. The summed E-state index contributed by atoms with van der Waals surface area (Å²) < 4.78 is 24.6.